The molecule has 4 aromatic rings. The van der Waals surface area contributed by atoms with E-state index in [1.165, 1.54) is 17.4 Å². The van der Waals surface area contributed by atoms with E-state index in [0.29, 0.717) is 39.6 Å². The Morgan fingerprint density at radius 1 is 0.824 bits per heavy atom. The number of fused-ring (bicyclic) bond motifs is 1. The van der Waals surface area contributed by atoms with Crippen molar-refractivity contribution >= 4 is 38.4 Å². The molecule has 0 spiro atoms. The molecule has 7 heteroatoms. The molecule has 1 aromatic heterocycles. The lowest BCUT2D eigenvalue weighted by Gasteiger charge is -2.24. The summed E-state index contributed by atoms with van der Waals surface area (Å²) in [6.07, 6.45) is 0. The van der Waals surface area contributed by atoms with E-state index in [4.69, 9.17) is 0 Å². The summed E-state index contributed by atoms with van der Waals surface area (Å²) in [6.45, 7) is 6.97. The fourth-order valence-corrected chi connectivity index (χ4v) is 4.76. The highest BCUT2D eigenvalue weighted by molar-refractivity contribution is 7.22. The second-order valence-corrected chi connectivity index (χ2v) is 8.85. The monoisotopic (exact) mass is 475 g/mol. The fourth-order valence-electron chi connectivity index (χ4n) is 3.76. The van der Waals surface area contributed by atoms with E-state index in [-0.39, 0.29) is 17.2 Å². The molecule has 0 aliphatic carbocycles. The number of thiazole rings is 1. The van der Waals surface area contributed by atoms with Crippen LogP contribution in [-0.2, 0) is 0 Å². The molecule has 0 unspecified atom stereocenters. The van der Waals surface area contributed by atoms with Gasteiger partial charge in [-0.25, -0.2) is 9.37 Å². The van der Waals surface area contributed by atoms with Crippen LogP contribution < -0.4 is 4.90 Å². The van der Waals surface area contributed by atoms with Crippen LogP contribution in [0.4, 0.5) is 9.52 Å². The Kier molecular flexibility index (Phi) is 7.45. The van der Waals surface area contributed by atoms with Crippen LogP contribution in [-0.4, -0.2) is 47.8 Å². The number of anilines is 1. The summed E-state index contributed by atoms with van der Waals surface area (Å²) >= 11 is 1.30. The molecule has 1 amide bonds. The first-order valence-corrected chi connectivity index (χ1v) is 12.1. The van der Waals surface area contributed by atoms with E-state index in [1.54, 1.807) is 53.4 Å². The third-order valence-electron chi connectivity index (χ3n) is 5.80. The van der Waals surface area contributed by atoms with Crippen LogP contribution >= 0.6 is 11.3 Å². The number of para-hydroxylation sites is 1. The highest BCUT2D eigenvalue weighted by atomic mass is 32.1. The number of benzene rings is 3. The number of hydrogen-bond acceptors (Lipinski definition) is 5. The van der Waals surface area contributed by atoms with E-state index >= 15 is 0 Å². The SMILES string of the molecule is CCN(CC)CCN(C(=O)c1ccc(C(=O)c2ccccc2)cc1)c1nc2c(F)cccc2s1. The van der Waals surface area contributed by atoms with Gasteiger partial charge in [-0.1, -0.05) is 73.7 Å². The molecule has 0 aliphatic heterocycles. The maximum absolute atomic E-state index is 14.3. The van der Waals surface area contributed by atoms with E-state index in [1.807, 2.05) is 18.2 Å². The van der Waals surface area contributed by atoms with Crippen LogP contribution in [0, 0.1) is 5.82 Å². The van der Waals surface area contributed by atoms with Crippen LogP contribution in [0.2, 0.25) is 0 Å². The van der Waals surface area contributed by atoms with Crippen LogP contribution in [0.15, 0.2) is 72.8 Å². The number of carbonyl (C=O) groups is 2. The average Bonchev–Trinajstić information content (AvgIpc) is 3.32. The zero-order valence-electron chi connectivity index (χ0n) is 19.2. The number of likely N-dealkylation sites (N-methyl/N-ethyl adjacent to an activating group) is 1. The van der Waals surface area contributed by atoms with Crippen molar-refractivity contribution in [3.8, 4) is 0 Å². The van der Waals surface area contributed by atoms with E-state index in [2.05, 4.69) is 23.7 Å². The molecule has 174 valence electrons. The lowest BCUT2D eigenvalue weighted by molar-refractivity contribution is 0.0981. The van der Waals surface area contributed by atoms with Crippen molar-refractivity contribution in [2.75, 3.05) is 31.1 Å². The van der Waals surface area contributed by atoms with Gasteiger partial charge in [-0.3, -0.25) is 14.5 Å². The highest BCUT2D eigenvalue weighted by Gasteiger charge is 2.23. The van der Waals surface area contributed by atoms with Crippen molar-refractivity contribution in [1.82, 2.24) is 9.88 Å². The molecule has 4 rings (SSSR count). The third kappa shape index (κ3) is 5.05. The number of rotatable bonds is 9. The van der Waals surface area contributed by atoms with Crippen LogP contribution in [0.1, 0.15) is 40.1 Å². The molecule has 1 heterocycles. The van der Waals surface area contributed by atoms with Gasteiger partial charge in [0.15, 0.2) is 10.9 Å². The second-order valence-electron chi connectivity index (χ2n) is 7.84. The molecular weight excluding hydrogens is 449 g/mol. The van der Waals surface area contributed by atoms with Crippen molar-refractivity contribution in [2.45, 2.75) is 13.8 Å². The van der Waals surface area contributed by atoms with Crippen molar-refractivity contribution < 1.29 is 14.0 Å². The van der Waals surface area contributed by atoms with Crippen molar-refractivity contribution in [3.05, 3.63) is 95.3 Å². The number of aromatic nitrogens is 1. The fraction of sp³-hybridized carbons (Fsp3) is 0.222. The Bertz CT molecular complexity index is 1280. The van der Waals surface area contributed by atoms with Crippen molar-refractivity contribution in [1.29, 1.82) is 0 Å². The summed E-state index contributed by atoms with van der Waals surface area (Å²) in [5, 5.41) is 0.460. The first-order valence-electron chi connectivity index (χ1n) is 11.3. The number of nitrogens with zero attached hydrogens (tertiary/aromatic N) is 3. The van der Waals surface area contributed by atoms with E-state index < -0.39 is 5.82 Å². The molecular formula is C27H26FN3O2S. The highest BCUT2D eigenvalue weighted by Crippen LogP contribution is 2.31. The first kappa shape index (κ1) is 23.7. The van der Waals surface area contributed by atoms with Crippen molar-refractivity contribution in [2.24, 2.45) is 0 Å². The lowest BCUT2D eigenvalue weighted by atomic mass is 10.0. The third-order valence-corrected chi connectivity index (χ3v) is 6.84. The van der Waals surface area contributed by atoms with Gasteiger partial charge < -0.3 is 4.90 Å². The Morgan fingerprint density at radius 3 is 2.12 bits per heavy atom. The van der Waals surface area contributed by atoms with Gasteiger partial charge >= 0.3 is 0 Å². The summed E-state index contributed by atoms with van der Waals surface area (Å²) < 4.78 is 15.0. The molecule has 0 saturated heterocycles. The number of amides is 1. The zero-order chi connectivity index (χ0) is 24.1. The summed E-state index contributed by atoms with van der Waals surface area (Å²) in [5.41, 5.74) is 1.83. The molecule has 0 N–H and O–H groups in total. The maximum Gasteiger partial charge on any atom is 0.260 e. The predicted molar refractivity (Wildman–Crippen MR) is 135 cm³/mol. The number of halogens is 1. The van der Waals surface area contributed by atoms with Gasteiger partial charge in [0.2, 0.25) is 0 Å². The standard InChI is InChI=1S/C27H26FN3O2S/c1-3-30(4-2)17-18-31(27-29-24-22(28)11-8-12-23(24)34-27)26(33)21-15-13-20(14-16-21)25(32)19-9-6-5-7-10-19/h5-16H,3-4,17-18H2,1-2H3. The molecule has 0 fully saturated rings. The molecule has 0 bridgehead atoms. The van der Waals surface area contributed by atoms with Crippen molar-refractivity contribution in [3.63, 3.8) is 0 Å². The normalized spacial score (nSPS) is 11.2. The Hall–Kier alpha value is -3.42. The summed E-state index contributed by atoms with van der Waals surface area (Å²) in [7, 11) is 0. The van der Waals surface area contributed by atoms with Gasteiger partial charge in [-0.05, 0) is 37.4 Å². The quantitative estimate of drug-likeness (QED) is 0.293. The minimum Gasteiger partial charge on any atom is -0.302 e. The van der Waals surface area contributed by atoms with Crippen LogP contribution in [0.5, 0.6) is 0 Å². The molecule has 3 aromatic carbocycles. The lowest BCUT2D eigenvalue weighted by Crippen LogP contribution is -2.38. The van der Waals surface area contributed by atoms with Crippen LogP contribution in [0.25, 0.3) is 10.2 Å². The summed E-state index contributed by atoms with van der Waals surface area (Å²) in [4.78, 5) is 34.5. The molecule has 0 radical (unpaired) electrons. The molecule has 0 saturated carbocycles. The minimum atomic E-state index is -0.403. The second kappa shape index (κ2) is 10.7. The molecule has 34 heavy (non-hydrogen) atoms. The Labute approximate surface area is 202 Å². The Balaban J connectivity index is 1.63. The maximum atomic E-state index is 14.3. The number of ketones is 1. The first-order chi connectivity index (χ1) is 16.5. The minimum absolute atomic E-state index is 0.0976. The molecule has 0 atom stereocenters. The van der Waals surface area contributed by atoms with Gasteiger partial charge in [0.25, 0.3) is 5.91 Å². The zero-order valence-corrected chi connectivity index (χ0v) is 20.0. The van der Waals surface area contributed by atoms with Gasteiger partial charge in [-0.15, -0.1) is 0 Å². The smallest absolute Gasteiger partial charge is 0.260 e. The van der Waals surface area contributed by atoms with Gasteiger partial charge in [0, 0.05) is 29.8 Å². The average molecular weight is 476 g/mol. The Morgan fingerprint density at radius 2 is 1.47 bits per heavy atom. The summed E-state index contributed by atoms with van der Waals surface area (Å²) in [6, 6.07) is 20.5. The van der Waals surface area contributed by atoms with E-state index in [0.717, 1.165) is 13.1 Å². The largest absolute Gasteiger partial charge is 0.302 e. The van der Waals surface area contributed by atoms with Gasteiger partial charge in [-0.2, -0.15) is 0 Å². The van der Waals surface area contributed by atoms with E-state index in [9.17, 15) is 14.0 Å². The molecule has 0 aliphatic rings. The molecule has 5 nitrogen and oxygen atoms in total. The number of carbonyl (C=O) groups excluding carboxylic acids is 2. The topological polar surface area (TPSA) is 53.5 Å². The summed E-state index contributed by atoms with van der Waals surface area (Å²) in [5.74, 6) is -0.732. The van der Waals surface area contributed by atoms with Gasteiger partial charge in [0.05, 0.1) is 4.70 Å². The number of hydrogen-bond donors (Lipinski definition) is 0. The van der Waals surface area contributed by atoms with Crippen LogP contribution in [0.3, 0.4) is 0 Å². The predicted octanol–water partition coefficient (Wildman–Crippen LogP) is 5.66. The van der Waals surface area contributed by atoms with Gasteiger partial charge in [0.1, 0.15) is 11.3 Å².